The first-order chi connectivity index (χ1) is 16.7. The number of ether oxygens (including phenoxy) is 1. The van der Waals surface area contributed by atoms with Gasteiger partial charge in [-0.15, -0.1) is 0 Å². The van der Waals surface area contributed by atoms with E-state index in [0.29, 0.717) is 16.3 Å². The molecule has 1 fully saturated rings. The van der Waals surface area contributed by atoms with Crippen molar-refractivity contribution >= 4 is 40.6 Å². The van der Waals surface area contributed by atoms with Crippen molar-refractivity contribution in [2.24, 2.45) is 0 Å². The van der Waals surface area contributed by atoms with E-state index in [1.165, 1.54) is 11.1 Å². The first-order valence-electron chi connectivity index (χ1n) is 11.1. The summed E-state index contributed by atoms with van der Waals surface area (Å²) in [4.78, 5) is 39.2. The van der Waals surface area contributed by atoms with Crippen LogP contribution in [-0.4, -0.2) is 40.2 Å². The minimum atomic E-state index is -0.471. The summed E-state index contributed by atoms with van der Waals surface area (Å²) < 4.78 is 7.24. The Kier molecular flexibility index (Phi) is 6.84. The maximum absolute atomic E-state index is 13.0. The van der Waals surface area contributed by atoms with E-state index in [0.717, 1.165) is 39.3 Å². The third-order valence-electron chi connectivity index (χ3n) is 5.77. The number of nitrogens with zero attached hydrogens (tertiary/aromatic N) is 2. The fourth-order valence-electron chi connectivity index (χ4n) is 4.21. The van der Waals surface area contributed by atoms with Crippen LogP contribution >= 0.6 is 11.8 Å². The molecule has 3 aromatic rings. The van der Waals surface area contributed by atoms with Gasteiger partial charge in [0, 0.05) is 22.8 Å². The molecule has 0 aliphatic carbocycles. The van der Waals surface area contributed by atoms with Crippen LogP contribution < -0.4 is 10.1 Å². The molecule has 0 bridgehead atoms. The number of imide groups is 1. The Hall–Kier alpha value is -3.78. The smallest absolute Gasteiger partial charge is 0.294 e. The number of benzene rings is 2. The van der Waals surface area contributed by atoms with Gasteiger partial charge in [-0.2, -0.15) is 0 Å². The lowest BCUT2D eigenvalue weighted by Crippen LogP contribution is -2.36. The molecule has 0 saturated carbocycles. The van der Waals surface area contributed by atoms with E-state index < -0.39 is 17.1 Å². The molecule has 2 heterocycles. The van der Waals surface area contributed by atoms with Crippen molar-refractivity contribution in [3.63, 3.8) is 0 Å². The van der Waals surface area contributed by atoms with E-state index in [-0.39, 0.29) is 6.54 Å². The van der Waals surface area contributed by atoms with Gasteiger partial charge in [0.05, 0.1) is 12.0 Å². The lowest BCUT2D eigenvalue weighted by atomic mass is 10.1. The Bertz CT molecular complexity index is 1340. The highest BCUT2D eigenvalue weighted by Gasteiger charge is 2.36. The first-order valence-corrected chi connectivity index (χ1v) is 11.9. The van der Waals surface area contributed by atoms with Crippen LogP contribution in [0.25, 0.3) is 11.8 Å². The number of nitrogens with one attached hydrogen (secondary N) is 1. The molecular formula is C27H27N3O4S. The van der Waals surface area contributed by atoms with Crippen molar-refractivity contribution in [1.29, 1.82) is 0 Å². The summed E-state index contributed by atoms with van der Waals surface area (Å²) in [5.41, 5.74) is 6.80. The van der Waals surface area contributed by atoms with Gasteiger partial charge in [0.2, 0.25) is 5.91 Å². The van der Waals surface area contributed by atoms with Crippen molar-refractivity contribution < 1.29 is 19.1 Å². The number of thioether (sulfide) groups is 1. The van der Waals surface area contributed by atoms with Crippen LogP contribution in [0, 0.1) is 27.7 Å². The Morgan fingerprint density at radius 3 is 2.29 bits per heavy atom. The van der Waals surface area contributed by atoms with Gasteiger partial charge in [-0.3, -0.25) is 19.3 Å². The van der Waals surface area contributed by atoms with Crippen LogP contribution in [0.4, 0.5) is 10.5 Å². The molecule has 180 valence electrons. The van der Waals surface area contributed by atoms with E-state index >= 15 is 0 Å². The maximum Gasteiger partial charge on any atom is 0.294 e. The summed E-state index contributed by atoms with van der Waals surface area (Å²) in [5.74, 6) is -0.260. The van der Waals surface area contributed by atoms with Crippen molar-refractivity contribution in [1.82, 2.24) is 9.47 Å². The highest BCUT2D eigenvalue weighted by atomic mass is 32.2. The topological polar surface area (TPSA) is 80.6 Å². The normalized spacial score (nSPS) is 14.7. The van der Waals surface area contributed by atoms with E-state index in [1.807, 2.05) is 19.9 Å². The van der Waals surface area contributed by atoms with Crippen LogP contribution in [0.2, 0.25) is 0 Å². The molecule has 4 rings (SSSR count). The van der Waals surface area contributed by atoms with Crippen molar-refractivity contribution in [2.75, 3.05) is 19.0 Å². The number of hydrogen-bond acceptors (Lipinski definition) is 5. The van der Waals surface area contributed by atoms with Crippen LogP contribution in [0.1, 0.15) is 28.1 Å². The lowest BCUT2D eigenvalue weighted by molar-refractivity contribution is -0.127. The Balaban J connectivity index is 1.52. The summed E-state index contributed by atoms with van der Waals surface area (Å²) in [6.45, 7) is 7.77. The SMILES string of the molecule is COc1ccc(NC(=O)CN2C(=O)S/C(=C/c3cc(C)n(-c4cc(C)cc(C)c4)c3C)C2=O)cc1. The molecule has 1 aliphatic rings. The summed E-state index contributed by atoms with van der Waals surface area (Å²) in [7, 11) is 1.56. The van der Waals surface area contributed by atoms with Crippen LogP contribution in [0.5, 0.6) is 5.75 Å². The number of methoxy groups -OCH3 is 1. The summed E-state index contributed by atoms with van der Waals surface area (Å²) in [5, 5.41) is 2.24. The van der Waals surface area contributed by atoms with Gasteiger partial charge in [-0.25, -0.2) is 0 Å². The Labute approximate surface area is 208 Å². The zero-order valence-corrected chi connectivity index (χ0v) is 21.2. The van der Waals surface area contributed by atoms with Crippen LogP contribution in [-0.2, 0) is 9.59 Å². The first kappa shape index (κ1) is 24.3. The van der Waals surface area contributed by atoms with E-state index in [1.54, 1.807) is 37.5 Å². The lowest BCUT2D eigenvalue weighted by Gasteiger charge is -2.12. The second-order valence-electron chi connectivity index (χ2n) is 8.55. The molecule has 0 radical (unpaired) electrons. The average molecular weight is 490 g/mol. The highest BCUT2D eigenvalue weighted by molar-refractivity contribution is 8.18. The molecule has 1 aromatic heterocycles. The van der Waals surface area contributed by atoms with Gasteiger partial charge in [-0.1, -0.05) is 6.07 Å². The summed E-state index contributed by atoms with van der Waals surface area (Å²) in [6, 6.07) is 15.2. The van der Waals surface area contributed by atoms with Gasteiger partial charge in [0.15, 0.2) is 0 Å². The van der Waals surface area contributed by atoms with Gasteiger partial charge in [-0.05, 0) is 105 Å². The molecule has 1 saturated heterocycles. The molecule has 0 atom stereocenters. The van der Waals surface area contributed by atoms with E-state index in [9.17, 15) is 14.4 Å². The maximum atomic E-state index is 13.0. The van der Waals surface area contributed by atoms with Crippen molar-refractivity contribution in [3.05, 3.63) is 81.5 Å². The molecule has 35 heavy (non-hydrogen) atoms. The van der Waals surface area contributed by atoms with Crippen molar-refractivity contribution in [3.8, 4) is 11.4 Å². The van der Waals surface area contributed by atoms with Gasteiger partial charge in [0.1, 0.15) is 12.3 Å². The van der Waals surface area contributed by atoms with Crippen LogP contribution in [0.15, 0.2) is 53.4 Å². The Morgan fingerprint density at radius 2 is 1.66 bits per heavy atom. The average Bonchev–Trinajstić information content (AvgIpc) is 3.22. The summed E-state index contributed by atoms with van der Waals surface area (Å²) in [6.07, 6.45) is 1.73. The van der Waals surface area contributed by atoms with E-state index in [2.05, 4.69) is 41.9 Å². The predicted octanol–water partition coefficient (Wildman–Crippen LogP) is 5.39. The molecule has 0 spiro atoms. The zero-order chi connectivity index (χ0) is 25.3. The molecule has 8 heteroatoms. The predicted molar refractivity (Wildman–Crippen MR) is 139 cm³/mol. The molecular weight excluding hydrogens is 462 g/mol. The quantitative estimate of drug-likeness (QED) is 0.469. The zero-order valence-electron chi connectivity index (χ0n) is 20.3. The van der Waals surface area contributed by atoms with Crippen LogP contribution in [0.3, 0.4) is 0 Å². The fourth-order valence-corrected chi connectivity index (χ4v) is 5.04. The molecule has 3 amide bonds. The highest BCUT2D eigenvalue weighted by Crippen LogP contribution is 2.34. The summed E-state index contributed by atoms with van der Waals surface area (Å²) >= 11 is 0.847. The minimum absolute atomic E-state index is 0.299. The number of rotatable bonds is 6. The molecule has 7 nitrogen and oxygen atoms in total. The number of hydrogen-bond donors (Lipinski definition) is 1. The number of carbonyl (C=O) groups excluding carboxylic acids is 3. The molecule has 1 aliphatic heterocycles. The second kappa shape index (κ2) is 9.84. The number of anilines is 1. The largest absolute Gasteiger partial charge is 0.497 e. The number of aromatic nitrogens is 1. The Morgan fingerprint density at radius 1 is 1.00 bits per heavy atom. The standard InChI is InChI=1S/C27H27N3O4S/c1-16-10-17(2)12-22(11-16)30-18(3)13-20(19(30)4)14-24-26(32)29(27(33)35-24)15-25(31)28-21-6-8-23(34-5)9-7-21/h6-14H,15H2,1-5H3,(H,28,31)/b24-14+. The number of aryl methyl sites for hydroxylation is 3. The minimum Gasteiger partial charge on any atom is -0.497 e. The third-order valence-corrected chi connectivity index (χ3v) is 6.68. The van der Waals surface area contributed by atoms with E-state index in [4.69, 9.17) is 4.74 Å². The van der Waals surface area contributed by atoms with Gasteiger partial charge < -0.3 is 14.6 Å². The number of amides is 3. The molecule has 2 aromatic carbocycles. The third kappa shape index (κ3) is 5.17. The molecule has 0 unspecified atom stereocenters. The second-order valence-corrected chi connectivity index (χ2v) is 9.55. The molecule has 1 N–H and O–H groups in total. The van der Waals surface area contributed by atoms with Crippen molar-refractivity contribution in [2.45, 2.75) is 27.7 Å². The van der Waals surface area contributed by atoms with Gasteiger partial charge in [0.25, 0.3) is 11.1 Å². The van der Waals surface area contributed by atoms with Gasteiger partial charge >= 0.3 is 0 Å². The number of carbonyl (C=O) groups is 3. The monoisotopic (exact) mass is 489 g/mol. The fraction of sp³-hybridized carbons (Fsp3) is 0.222.